The van der Waals surface area contributed by atoms with Gasteiger partial charge in [-0.25, -0.2) is 4.99 Å². The van der Waals surface area contributed by atoms with Gasteiger partial charge >= 0.3 is 0 Å². The zero-order chi connectivity index (χ0) is 20.6. The van der Waals surface area contributed by atoms with Crippen molar-refractivity contribution >= 4 is 23.5 Å². The maximum atomic E-state index is 12.1. The minimum atomic E-state index is -1.13. The largest absolute Gasteiger partial charge is 0.383 e. The van der Waals surface area contributed by atoms with Gasteiger partial charge < -0.3 is 21.1 Å². The van der Waals surface area contributed by atoms with E-state index in [4.69, 9.17) is 11.6 Å². The summed E-state index contributed by atoms with van der Waals surface area (Å²) in [5.41, 5.74) is 0.127. The molecule has 4 N–H and O–H groups in total. The molecular formula is C19H27ClN6O2. The van der Waals surface area contributed by atoms with Crippen LogP contribution in [-0.4, -0.2) is 52.9 Å². The van der Waals surface area contributed by atoms with E-state index < -0.39 is 5.60 Å². The summed E-state index contributed by atoms with van der Waals surface area (Å²) in [6.45, 7) is 5.41. The molecule has 1 amide bonds. The van der Waals surface area contributed by atoms with Gasteiger partial charge in [0.15, 0.2) is 5.96 Å². The Morgan fingerprint density at radius 3 is 2.54 bits per heavy atom. The van der Waals surface area contributed by atoms with Crippen molar-refractivity contribution in [3.8, 4) is 0 Å². The van der Waals surface area contributed by atoms with Gasteiger partial charge in [-0.3, -0.25) is 9.48 Å². The van der Waals surface area contributed by atoms with Crippen molar-refractivity contribution in [2.45, 2.75) is 19.4 Å². The number of amides is 1. The van der Waals surface area contributed by atoms with E-state index in [9.17, 15) is 9.90 Å². The Balaban J connectivity index is 1.84. The van der Waals surface area contributed by atoms with E-state index in [2.05, 4.69) is 26.0 Å². The molecule has 2 rings (SSSR count). The van der Waals surface area contributed by atoms with Crippen LogP contribution in [0.15, 0.2) is 41.7 Å². The molecule has 0 radical (unpaired) electrons. The van der Waals surface area contributed by atoms with E-state index in [1.807, 2.05) is 6.92 Å². The molecular weight excluding hydrogens is 380 g/mol. The number of guanidine groups is 1. The average Bonchev–Trinajstić information content (AvgIpc) is 3.11. The first-order valence-corrected chi connectivity index (χ1v) is 9.47. The van der Waals surface area contributed by atoms with Gasteiger partial charge in [-0.05, 0) is 38.1 Å². The summed E-state index contributed by atoms with van der Waals surface area (Å²) in [6.07, 6.45) is 3.39. The second kappa shape index (κ2) is 10.1. The molecule has 8 nitrogen and oxygen atoms in total. The van der Waals surface area contributed by atoms with Crippen molar-refractivity contribution in [1.29, 1.82) is 0 Å². The number of aryl methyl sites for hydroxylation is 1. The molecule has 0 bridgehead atoms. The molecule has 9 heteroatoms. The average molecular weight is 407 g/mol. The predicted molar refractivity (Wildman–Crippen MR) is 111 cm³/mol. The Bertz CT molecular complexity index is 801. The molecule has 0 spiro atoms. The van der Waals surface area contributed by atoms with Crippen molar-refractivity contribution in [3.05, 3.63) is 52.8 Å². The number of hydrogen-bond donors (Lipinski definition) is 4. The van der Waals surface area contributed by atoms with Crippen molar-refractivity contribution in [1.82, 2.24) is 25.7 Å². The van der Waals surface area contributed by atoms with Gasteiger partial charge in [0.1, 0.15) is 5.60 Å². The molecule has 0 saturated carbocycles. The lowest BCUT2D eigenvalue weighted by Crippen LogP contribution is -2.42. The van der Waals surface area contributed by atoms with Crippen LogP contribution in [-0.2, 0) is 12.6 Å². The van der Waals surface area contributed by atoms with Crippen molar-refractivity contribution in [2.24, 2.45) is 12.0 Å². The summed E-state index contributed by atoms with van der Waals surface area (Å²) in [6, 6.07) is 6.71. The number of nitrogens with one attached hydrogen (secondary N) is 3. The van der Waals surface area contributed by atoms with Crippen LogP contribution in [0.2, 0.25) is 5.02 Å². The Morgan fingerprint density at radius 1 is 1.25 bits per heavy atom. The molecule has 0 aliphatic heterocycles. The van der Waals surface area contributed by atoms with E-state index in [0.29, 0.717) is 41.7 Å². The number of aliphatic hydroxyl groups is 1. The molecule has 1 atom stereocenters. The fourth-order valence-electron chi connectivity index (χ4n) is 2.43. The van der Waals surface area contributed by atoms with Crippen molar-refractivity contribution in [2.75, 3.05) is 26.2 Å². The quantitative estimate of drug-likeness (QED) is 0.300. The summed E-state index contributed by atoms with van der Waals surface area (Å²) >= 11 is 5.83. The summed E-state index contributed by atoms with van der Waals surface area (Å²) < 4.78 is 1.64. The number of aliphatic imine (C=N–C) groups is 1. The second-order valence-corrected chi connectivity index (χ2v) is 7.00. The van der Waals surface area contributed by atoms with Crippen LogP contribution < -0.4 is 16.0 Å². The van der Waals surface area contributed by atoms with Gasteiger partial charge in [0.05, 0.1) is 12.7 Å². The lowest BCUT2D eigenvalue weighted by atomic mass is 10.0. The highest BCUT2D eigenvalue weighted by Crippen LogP contribution is 2.19. The molecule has 2 aromatic rings. The Hall–Kier alpha value is -2.58. The van der Waals surface area contributed by atoms with Crippen molar-refractivity contribution < 1.29 is 9.90 Å². The molecule has 0 saturated heterocycles. The maximum absolute atomic E-state index is 12.1. The zero-order valence-electron chi connectivity index (χ0n) is 16.4. The third-order valence-electron chi connectivity index (χ3n) is 4.03. The standard InChI is InChI=1S/C19H27ClN6O2/c1-4-21-18(24-13-19(2,28)15-11-25-26(3)12-15)23-10-9-22-17(27)14-5-7-16(20)8-6-14/h5-8,11-12,28H,4,9-10,13H2,1-3H3,(H,22,27)(H2,21,23,24). The van der Waals surface area contributed by atoms with E-state index in [1.165, 1.54) is 0 Å². The number of halogens is 1. The highest BCUT2D eigenvalue weighted by Gasteiger charge is 2.24. The fraction of sp³-hybridized carbons (Fsp3) is 0.421. The molecule has 1 aromatic carbocycles. The molecule has 1 unspecified atom stereocenters. The minimum absolute atomic E-state index is 0.167. The maximum Gasteiger partial charge on any atom is 0.251 e. The number of benzene rings is 1. The number of nitrogens with zero attached hydrogens (tertiary/aromatic N) is 3. The highest BCUT2D eigenvalue weighted by molar-refractivity contribution is 6.30. The van der Waals surface area contributed by atoms with Crippen molar-refractivity contribution in [3.63, 3.8) is 0 Å². The van der Waals surface area contributed by atoms with E-state index in [-0.39, 0.29) is 12.5 Å². The number of carbonyl (C=O) groups excluding carboxylic acids is 1. The van der Waals surface area contributed by atoms with Crippen LogP contribution in [0.5, 0.6) is 0 Å². The van der Waals surface area contributed by atoms with E-state index >= 15 is 0 Å². The van der Waals surface area contributed by atoms with Gasteiger partial charge in [0.25, 0.3) is 5.91 Å². The number of carbonyl (C=O) groups is 1. The molecule has 152 valence electrons. The number of hydrogen-bond acceptors (Lipinski definition) is 4. The normalized spacial score (nSPS) is 13.7. The van der Waals surface area contributed by atoms with Gasteiger partial charge in [-0.2, -0.15) is 5.10 Å². The molecule has 0 fully saturated rings. The van der Waals surface area contributed by atoms with E-state index in [0.717, 1.165) is 0 Å². The first kappa shape index (κ1) is 21.7. The van der Waals surface area contributed by atoms with Gasteiger partial charge in [0.2, 0.25) is 0 Å². The lowest BCUT2D eigenvalue weighted by Gasteiger charge is -2.20. The summed E-state index contributed by atoms with van der Waals surface area (Å²) in [4.78, 5) is 16.5. The third-order valence-corrected chi connectivity index (χ3v) is 4.28. The lowest BCUT2D eigenvalue weighted by molar-refractivity contribution is 0.0672. The Morgan fingerprint density at radius 2 is 1.93 bits per heavy atom. The smallest absolute Gasteiger partial charge is 0.251 e. The van der Waals surface area contributed by atoms with Crippen LogP contribution in [0.1, 0.15) is 29.8 Å². The van der Waals surface area contributed by atoms with Crippen LogP contribution >= 0.6 is 11.6 Å². The van der Waals surface area contributed by atoms with Gasteiger partial charge in [-0.1, -0.05) is 11.6 Å². The van der Waals surface area contributed by atoms with Crippen LogP contribution in [0, 0.1) is 0 Å². The number of aromatic nitrogens is 2. The molecule has 1 aromatic heterocycles. The fourth-order valence-corrected chi connectivity index (χ4v) is 2.55. The van der Waals surface area contributed by atoms with Crippen LogP contribution in [0.3, 0.4) is 0 Å². The molecule has 1 heterocycles. The van der Waals surface area contributed by atoms with Gasteiger partial charge in [-0.15, -0.1) is 0 Å². The Labute approximate surface area is 170 Å². The summed E-state index contributed by atoms with van der Waals surface area (Å²) in [5.74, 6) is 0.396. The van der Waals surface area contributed by atoms with Gasteiger partial charge in [0, 0.05) is 49.0 Å². The summed E-state index contributed by atoms with van der Waals surface area (Å²) in [5, 5.41) is 24.4. The van der Waals surface area contributed by atoms with Crippen LogP contribution in [0.25, 0.3) is 0 Å². The van der Waals surface area contributed by atoms with E-state index in [1.54, 1.807) is 55.3 Å². The first-order chi connectivity index (χ1) is 13.3. The highest BCUT2D eigenvalue weighted by atomic mass is 35.5. The monoisotopic (exact) mass is 406 g/mol. The summed E-state index contributed by atoms with van der Waals surface area (Å²) in [7, 11) is 1.80. The second-order valence-electron chi connectivity index (χ2n) is 6.56. The minimum Gasteiger partial charge on any atom is -0.383 e. The topological polar surface area (TPSA) is 104 Å². The third kappa shape index (κ3) is 6.54. The SMILES string of the molecule is CCNC(=NCC(C)(O)c1cnn(C)c1)NCCNC(=O)c1ccc(Cl)cc1. The number of rotatable bonds is 8. The molecule has 28 heavy (non-hydrogen) atoms. The zero-order valence-corrected chi connectivity index (χ0v) is 17.1. The first-order valence-electron chi connectivity index (χ1n) is 9.09. The predicted octanol–water partition coefficient (Wildman–Crippen LogP) is 1.27. The molecule has 0 aliphatic carbocycles. The Kier molecular flexibility index (Phi) is 7.83. The molecule has 0 aliphatic rings. The van der Waals surface area contributed by atoms with Crippen LogP contribution in [0.4, 0.5) is 0 Å².